The lowest BCUT2D eigenvalue weighted by atomic mass is 9.79. The summed E-state index contributed by atoms with van der Waals surface area (Å²) in [5, 5.41) is 22.3. The van der Waals surface area contributed by atoms with Crippen LogP contribution >= 0.6 is 0 Å². The van der Waals surface area contributed by atoms with Gasteiger partial charge in [0.1, 0.15) is 23.1 Å². The maximum absolute atomic E-state index is 12.2. The molecule has 8 heteroatoms. The second-order valence-corrected chi connectivity index (χ2v) is 7.04. The molecule has 3 N–H and O–H groups in total. The summed E-state index contributed by atoms with van der Waals surface area (Å²) in [4.78, 5) is 16.5. The Morgan fingerprint density at radius 1 is 1.27 bits per heavy atom. The van der Waals surface area contributed by atoms with Gasteiger partial charge in [-0.3, -0.25) is 0 Å². The number of nitrogens with zero attached hydrogens (tertiary/aromatic N) is 1. The number of aromatic hydroxyl groups is 1. The van der Waals surface area contributed by atoms with Crippen LogP contribution in [-0.2, 0) is 11.3 Å². The van der Waals surface area contributed by atoms with E-state index in [9.17, 15) is 9.90 Å². The van der Waals surface area contributed by atoms with Gasteiger partial charge >= 0.3 is 5.97 Å². The van der Waals surface area contributed by atoms with Crippen molar-refractivity contribution in [3.8, 4) is 17.2 Å². The maximum atomic E-state index is 12.2. The van der Waals surface area contributed by atoms with Gasteiger partial charge < -0.3 is 30.0 Å². The van der Waals surface area contributed by atoms with E-state index in [4.69, 9.17) is 19.6 Å². The second kappa shape index (κ2) is 9.47. The first-order valence-electron chi connectivity index (χ1n) is 9.93. The smallest absolute Gasteiger partial charge is 0.357 e. The lowest BCUT2D eigenvalue weighted by Crippen LogP contribution is -2.24. The van der Waals surface area contributed by atoms with Crippen LogP contribution in [0.4, 0.5) is 5.82 Å². The van der Waals surface area contributed by atoms with E-state index in [2.05, 4.69) is 10.3 Å². The average Bonchev–Trinajstić information content (AvgIpc) is 2.70. The van der Waals surface area contributed by atoms with Gasteiger partial charge in [-0.15, -0.1) is 0 Å². The number of anilines is 1. The number of carbonyl (C=O) groups excluding carboxylic acids is 1. The van der Waals surface area contributed by atoms with E-state index in [0.717, 1.165) is 24.8 Å². The number of aromatic nitrogens is 1. The molecule has 0 atom stereocenters. The normalized spacial score (nSPS) is 13.3. The van der Waals surface area contributed by atoms with Gasteiger partial charge in [0.15, 0.2) is 5.69 Å². The number of nitrogens with one attached hydrogen (secondary N) is 2. The lowest BCUT2D eigenvalue weighted by molar-refractivity contribution is 0.0519. The van der Waals surface area contributed by atoms with Gasteiger partial charge in [0.25, 0.3) is 0 Å². The van der Waals surface area contributed by atoms with E-state index in [1.54, 1.807) is 27.2 Å². The van der Waals surface area contributed by atoms with Crippen LogP contribution in [0.25, 0.3) is 0 Å². The molecule has 0 unspecified atom stereocenters. The van der Waals surface area contributed by atoms with Crippen LogP contribution in [0.3, 0.4) is 0 Å². The summed E-state index contributed by atoms with van der Waals surface area (Å²) in [5.74, 6) is 0.871. The number of benzene rings is 1. The molecule has 0 radical (unpaired) electrons. The molecule has 1 heterocycles. The number of ether oxygens (including phenoxy) is 3. The molecule has 1 aromatic carbocycles. The highest BCUT2D eigenvalue weighted by molar-refractivity contribution is 6.07. The molecule has 1 aliphatic rings. The van der Waals surface area contributed by atoms with E-state index >= 15 is 0 Å². The van der Waals surface area contributed by atoms with Gasteiger partial charge in [0, 0.05) is 35.9 Å². The molecule has 1 saturated carbocycles. The Morgan fingerprint density at radius 2 is 2.03 bits per heavy atom. The number of methoxy groups -OCH3 is 2. The fourth-order valence-corrected chi connectivity index (χ4v) is 3.31. The monoisotopic (exact) mass is 413 g/mol. The number of carbonyl (C=O) groups is 1. The molecule has 0 saturated heterocycles. The first kappa shape index (κ1) is 21.4. The van der Waals surface area contributed by atoms with Crippen LogP contribution in [0.15, 0.2) is 24.3 Å². The summed E-state index contributed by atoms with van der Waals surface area (Å²) >= 11 is 0. The van der Waals surface area contributed by atoms with Gasteiger partial charge in [-0.2, -0.15) is 0 Å². The van der Waals surface area contributed by atoms with E-state index in [-0.39, 0.29) is 29.8 Å². The Hall–Kier alpha value is -3.29. The number of esters is 1. The summed E-state index contributed by atoms with van der Waals surface area (Å²) in [6.07, 6.45) is 2.88. The van der Waals surface area contributed by atoms with Crippen LogP contribution in [0.2, 0.25) is 0 Å². The highest BCUT2D eigenvalue weighted by atomic mass is 16.5. The zero-order valence-electron chi connectivity index (χ0n) is 17.4. The second-order valence-electron chi connectivity index (χ2n) is 7.04. The number of hydrogen-bond acceptors (Lipinski definition) is 8. The fourth-order valence-electron chi connectivity index (χ4n) is 3.31. The van der Waals surface area contributed by atoms with Gasteiger partial charge in [0.2, 0.25) is 0 Å². The summed E-state index contributed by atoms with van der Waals surface area (Å²) in [5.41, 5.74) is 1.47. The van der Waals surface area contributed by atoms with Crippen molar-refractivity contribution < 1.29 is 24.1 Å². The standard InChI is InChI=1S/C22H27N3O5/c1-4-30-22(27)16-11-17(26)19(20(23)13-6-5-7-13)21(25-16)24-12-14-8-9-15(28-2)10-18(14)29-3/h8-11,13,23H,4-7,12H2,1-3H3,(H2,24,25,26). The van der Waals surface area contributed by atoms with E-state index < -0.39 is 5.97 Å². The fraction of sp³-hybridized carbons (Fsp3) is 0.409. The van der Waals surface area contributed by atoms with Crippen molar-refractivity contribution in [3.05, 3.63) is 41.1 Å². The molecule has 1 aromatic heterocycles. The lowest BCUT2D eigenvalue weighted by Gasteiger charge is -2.27. The molecular formula is C22H27N3O5. The third-order valence-corrected chi connectivity index (χ3v) is 5.21. The topological polar surface area (TPSA) is 114 Å². The Morgan fingerprint density at radius 3 is 2.63 bits per heavy atom. The van der Waals surface area contributed by atoms with E-state index in [0.29, 0.717) is 29.3 Å². The van der Waals surface area contributed by atoms with Crippen LogP contribution in [0.1, 0.15) is 47.8 Å². The zero-order valence-corrected chi connectivity index (χ0v) is 17.4. The van der Waals surface area contributed by atoms with Crippen LogP contribution in [0.5, 0.6) is 17.2 Å². The van der Waals surface area contributed by atoms with Crippen molar-refractivity contribution in [2.24, 2.45) is 5.92 Å². The Kier molecular flexibility index (Phi) is 6.76. The van der Waals surface area contributed by atoms with Gasteiger partial charge in [0.05, 0.1) is 26.4 Å². The van der Waals surface area contributed by atoms with E-state index in [1.165, 1.54) is 6.07 Å². The molecule has 0 amide bonds. The molecule has 0 bridgehead atoms. The maximum Gasteiger partial charge on any atom is 0.357 e. The third kappa shape index (κ3) is 4.48. The molecular weight excluding hydrogens is 386 g/mol. The molecule has 30 heavy (non-hydrogen) atoms. The minimum atomic E-state index is -0.625. The Balaban J connectivity index is 1.94. The van der Waals surface area contributed by atoms with Crippen molar-refractivity contribution in [3.63, 3.8) is 0 Å². The molecule has 160 valence electrons. The van der Waals surface area contributed by atoms with Gasteiger partial charge in [-0.1, -0.05) is 6.42 Å². The molecule has 8 nitrogen and oxygen atoms in total. The van der Waals surface area contributed by atoms with Crippen molar-refractivity contribution in [1.29, 1.82) is 5.41 Å². The minimum absolute atomic E-state index is 0.0105. The predicted molar refractivity (Wildman–Crippen MR) is 113 cm³/mol. The molecule has 0 aliphatic heterocycles. The molecule has 1 fully saturated rings. The zero-order chi connectivity index (χ0) is 21.7. The summed E-state index contributed by atoms with van der Waals surface area (Å²) in [6.45, 7) is 2.22. The van der Waals surface area contributed by atoms with Crippen molar-refractivity contribution in [2.75, 3.05) is 26.1 Å². The van der Waals surface area contributed by atoms with Gasteiger partial charge in [-0.05, 0) is 31.9 Å². The third-order valence-electron chi connectivity index (χ3n) is 5.21. The predicted octanol–water partition coefficient (Wildman–Crippen LogP) is 3.76. The summed E-state index contributed by atoms with van der Waals surface area (Å²) in [6, 6.07) is 6.71. The van der Waals surface area contributed by atoms with Crippen LogP contribution in [0, 0.1) is 11.3 Å². The quantitative estimate of drug-likeness (QED) is 0.424. The molecule has 0 spiro atoms. The first-order chi connectivity index (χ1) is 14.5. The Labute approximate surface area is 175 Å². The number of pyridine rings is 1. The average molecular weight is 413 g/mol. The largest absolute Gasteiger partial charge is 0.507 e. The number of rotatable bonds is 9. The van der Waals surface area contributed by atoms with Crippen molar-refractivity contribution >= 4 is 17.5 Å². The first-order valence-corrected chi connectivity index (χ1v) is 9.93. The Bertz CT molecular complexity index is 941. The number of hydrogen-bond donors (Lipinski definition) is 3. The summed E-state index contributed by atoms with van der Waals surface area (Å²) < 4.78 is 15.7. The highest BCUT2D eigenvalue weighted by Crippen LogP contribution is 2.36. The highest BCUT2D eigenvalue weighted by Gasteiger charge is 2.29. The van der Waals surface area contributed by atoms with E-state index in [1.807, 2.05) is 12.1 Å². The van der Waals surface area contributed by atoms with Crippen LogP contribution < -0.4 is 14.8 Å². The van der Waals surface area contributed by atoms with Gasteiger partial charge in [-0.25, -0.2) is 9.78 Å². The summed E-state index contributed by atoms with van der Waals surface area (Å²) in [7, 11) is 3.15. The molecule has 3 rings (SSSR count). The molecule has 2 aromatic rings. The SMILES string of the molecule is CCOC(=O)c1cc(O)c(C(=N)C2CCC2)c(NCc2ccc(OC)cc2OC)n1. The van der Waals surface area contributed by atoms with Crippen LogP contribution in [-0.4, -0.2) is 42.6 Å². The molecule has 1 aliphatic carbocycles. The minimum Gasteiger partial charge on any atom is -0.507 e. The van der Waals surface area contributed by atoms with Crippen molar-refractivity contribution in [1.82, 2.24) is 4.98 Å². The van der Waals surface area contributed by atoms with Crippen molar-refractivity contribution in [2.45, 2.75) is 32.7 Å².